The van der Waals surface area contributed by atoms with Crippen LogP contribution in [0.2, 0.25) is 0 Å². The smallest absolute Gasteiger partial charge is 0.416 e. The quantitative estimate of drug-likeness (QED) is 0.484. The van der Waals surface area contributed by atoms with Gasteiger partial charge in [0.1, 0.15) is 12.1 Å². The topological polar surface area (TPSA) is 119 Å². The molecular weight excluding hydrogens is 465 g/mol. The molecule has 0 bridgehead atoms. The number of anilines is 1. The maximum Gasteiger partial charge on any atom is 0.416 e. The second-order valence-corrected chi connectivity index (χ2v) is 8.65. The van der Waals surface area contributed by atoms with Gasteiger partial charge >= 0.3 is 12.3 Å². The maximum atomic E-state index is 13.0. The van der Waals surface area contributed by atoms with E-state index in [1.165, 1.54) is 44.5 Å². The summed E-state index contributed by atoms with van der Waals surface area (Å²) >= 11 is 0. The number of fused-ring (bicyclic) bond motifs is 1. The predicted molar refractivity (Wildman–Crippen MR) is 125 cm³/mol. The molecule has 1 aliphatic heterocycles. The van der Waals surface area contributed by atoms with E-state index in [9.17, 15) is 22.8 Å². The van der Waals surface area contributed by atoms with Crippen molar-refractivity contribution in [2.45, 2.75) is 57.3 Å². The number of halogens is 3. The zero-order chi connectivity index (χ0) is 25.4. The van der Waals surface area contributed by atoms with Crippen molar-refractivity contribution < 1.29 is 27.9 Å². The van der Waals surface area contributed by atoms with Crippen molar-refractivity contribution in [2.24, 2.45) is 0 Å². The fourth-order valence-electron chi connectivity index (χ4n) is 4.32. The zero-order valence-corrected chi connectivity index (χ0v) is 19.6. The second kappa shape index (κ2) is 12.0. The predicted octanol–water partition coefficient (Wildman–Crippen LogP) is 3.47. The van der Waals surface area contributed by atoms with Crippen molar-refractivity contribution in [3.05, 3.63) is 30.1 Å². The van der Waals surface area contributed by atoms with Crippen LogP contribution in [0.3, 0.4) is 0 Å². The number of hydrogen-bond acceptors (Lipinski definition) is 6. The molecule has 1 aromatic carbocycles. The molecule has 1 aliphatic carbocycles. The minimum absolute atomic E-state index is 0.0533. The lowest BCUT2D eigenvalue weighted by Gasteiger charge is -2.45. The molecule has 2 fully saturated rings. The maximum absolute atomic E-state index is 13.0. The molecule has 0 atom stereocenters. The molecule has 4 rings (SSSR count). The van der Waals surface area contributed by atoms with Crippen LogP contribution < -0.4 is 16.0 Å². The molecule has 0 radical (unpaired) electrons. The molecule has 12 heteroatoms. The van der Waals surface area contributed by atoms with Gasteiger partial charge in [0, 0.05) is 31.1 Å². The summed E-state index contributed by atoms with van der Waals surface area (Å²) in [6.45, 7) is 3.88. The number of amides is 2. The Morgan fingerprint density at radius 1 is 1.14 bits per heavy atom. The van der Waals surface area contributed by atoms with Crippen molar-refractivity contribution in [1.82, 2.24) is 25.5 Å². The number of carboxylic acid groups (broad SMARTS) is 1. The summed E-state index contributed by atoms with van der Waals surface area (Å²) < 4.78 is 39.0. The summed E-state index contributed by atoms with van der Waals surface area (Å²) in [5, 5.41) is 16.0. The molecule has 1 saturated heterocycles. The minimum Gasteiger partial charge on any atom is -0.465 e. The Balaban J connectivity index is 0.000000509. The van der Waals surface area contributed by atoms with E-state index < -0.39 is 17.8 Å². The molecule has 2 amide bonds. The third kappa shape index (κ3) is 7.67. The van der Waals surface area contributed by atoms with Gasteiger partial charge in [-0.2, -0.15) is 13.2 Å². The zero-order valence-electron chi connectivity index (χ0n) is 19.6. The van der Waals surface area contributed by atoms with Crippen LogP contribution in [0.15, 0.2) is 24.5 Å². The van der Waals surface area contributed by atoms with Gasteiger partial charge in [0.05, 0.1) is 23.7 Å². The van der Waals surface area contributed by atoms with Crippen molar-refractivity contribution in [1.29, 1.82) is 0 Å². The Hall–Kier alpha value is -3.15. The van der Waals surface area contributed by atoms with E-state index in [4.69, 9.17) is 5.11 Å². The van der Waals surface area contributed by atoms with E-state index in [2.05, 4.69) is 30.8 Å². The summed E-state index contributed by atoms with van der Waals surface area (Å²) in [7, 11) is 0. The molecule has 2 heterocycles. The Morgan fingerprint density at radius 3 is 2.46 bits per heavy atom. The monoisotopic (exact) mass is 496 g/mol. The summed E-state index contributed by atoms with van der Waals surface area (Å²) in [6.07, 6.45) is 2.22. The van der Waals surface area contributed by atoms with Crippen LogP contribution in [-0.4, -0.2) is 70.2 Å². The molecule has 4 N–H and O–H groups in total. The normalized spacial score (nSPS) is 17.1. The molecule has 1 aromatic heterocycles. The number of rotatable bonds is 6. The Kier molecular flexibility index (Phi) is 9.07. The Morgan fingerprint density at radius 2 is 1.86 bits per heavy atom. The fraction of sp³-hybridized carbons (Fsp3) is 0.565. The van der Waals surface area contributed by atoms with E-state index in [0.29, 0.717) is 18.1 Å². The highest BCUT2D eigenvalue weighted by molar-refractivity contribution is 5.91. The number of hydrogen-bond donors (Lipinski definition) is 4. The Bertz CT molecular complexity index is 1010. The van der Waals surface area contributed by atoms with Crippen LogP contribution in [0.25, 0.3) is 10.9 Å². The molecule has 1 saturated carbocycles. The average molecular weight is 497 g/mol. The minimum atomic E-state index is -4.45. The van der Waals surface area contributed by atoms with Crippen molar-refractivity contribution in [3.63, 3.8) is 0 Å². The molecule has 35 heavy (non-hydrogen) atoms. The van der Waals surface area contributed by atoms with Crippen molar-refractivity contribution in [2.75, 3.05) is 31.5 Å². The van der Waals surface area contributed by atoms with Gasteiger partial charge < -0.3 is 21.1 Å². The third-order valence-corrected chi connectivity index (χ3v) is 6.07. The molecule has 0 spiro atoms. The molecule has 2 aliphatic rings. The lowest BCUT2D eigenvalue weighted by atomic mass is 9.91. The van der Waals surface area contributed by atoms with Gasteiger partial charge in [-0.15, -0.1) is 0 Å². The van der Waals surface area contributed by atoms with E-state index in [1.54, 1.807) is 6.92 Å². The van der Waals surface area contributed by atoms with Crippen LogP contribution in [0, 0.1) is 0 Å². The van der Waals surface area contributed by atoms with Gasteiger partial charge in [-0.05, 0) is 38.0 Å². The highest BCUT2D eigenvalue weighted by Crippen LogP contribution is 2.32. The summed E-state index contributed by atoms with van der Waals surface area (Å²) in [5.41, 5.74) is -0.386. The third-order valence-electron chi connectivity index (χ3n) is 6.07. The summed E-state index contributed by atoms with van der Waals surface area (Å²) in [4.78, 5) is 32.2. The van der Waals surface area contributed by atoms with E-state index >= 15 is 0 Å². The number of alkyl halides is 3. The highest BCUT2D eigenvalue weighted by Gasteiger charge is 2.33. The van der Waals surface area contributed by atoms with Gasteiger partial charge in [-0.3, -0.25) is 9.69 Å². The first-order valence-electron chi connectivity index (χ1n) is 11.7. The Labute approximate surface area is 201 Å². The lowest BCUT2D eigenvalue weighted by Crippen LogP contribution is -2.62. The number of likely N-dealkylation sites (tertiary alicyclic amines) is 1. The van der Waals surface area contributed by atoms with Gasteiger partial charge in [0.2, 0.25) is 5.91 Å². The van der Waals surface area contributed by atoms with Crippen LogP contribution in [-0.2, 0) is 11.0 Å². The number of carbonyl (C=O) groups is 2. The SMILES string of the molecule is CCNC(=O)O.O=C(CNc1ncnc2ccc(C(F)(F)F)cc12)NC1CN(C2CCCCC2)C1. The number of aromatic nitrogens is 2. The second-order valence-electron chi connectivity index (χ2n) is 8.65. The van der Waals surface area contributed by atoms with Gasteiger partial charge in [0.25, 0.3) is 0 Å². The lowest BCUT2D eigenvalue weighted by molar-refractivity contribution is -0.137. The first kappa shape index (κ1) is 26.5. The molecule has 0 unspecified atom stereocenters. The van der Waals surface area contributed by atoms with Crippen LogP contribution in [0.4, 0.5) is 23.8 Å². The largest absolute Gasteiger partial charge is 0.465 e. The summed E-state index contributed by atoms with van der Waals surface area (Å²) in [6, 6.07) is 4.07. The summed E-state index contributed by atoms with van der Waals surface area (Å²) in [5.74, 6) is 0.0192. The van der Waals surface area contributed by atoms with Crippen LogP contribution in [0.1, 0.15) is 44.6 Å². The van der Waals surface area contributed by atoms with Crippen LogP contribution in [0.5, 0.6) is 0 Å². The molecule has 9 nitrogen and oxygen atoms in total. The average Bonchev–Trinajstić information content (AvgIpc) is 2.79. The highest BCUT2D eigenvalue weighted by atomic mass is 19.4. The van der Waals surface area contributed by atoms with Gasteiger partial charge in [-0.25, -0.2) is 14.8 Å². The fourth-order valence-corrected chi connectivity index (χ4v) is 4.32. The van der Waals surface area contributed by atoms with E-state index in [-0.39, 0.29) is 29.7 Å². The van der Waals surface area contributed by atoms with Crippen molar-refractivity contribution in [3.8, 4) is 0 Å². The molecular formula is C23H31F3N6O3. The number of benzene rings is 1. The van der Waals surface area contributed by atoms with Crippen molar-refractivity contribution >= 4 is 28.7 Å². The molecule has 192 valence electrons. The van der Waals surface area contributed by atoms with Gasteiger partial charge in [-0.1, -0.05) is 19.3 Å². The van der Waals surface area contributed by atoms with E-state index in [0.717, 1.165) is 25.2 Å². The standard InChI is InChI=1S/C20H24F3N5O.C3H7NO2/c21-20(22,23)13-6-7-17-16(8-13)19(26-12-25-17)24-9-18(29)27-14-10-28(11-14)15-4-2-1-3-5-15;1-2-4-3(5)6/h6-8,12,14-15H,1-5,9-11H2,(H,27,29)(H,24,25,26);4H,2H2,1H3,(H,5,6). The molecule has 2 aromatic rings. The number of nitrogens with zero attached hydrogens (tertiary/aromatic N) is 3. The van der Waals surface area contributed by atoms with Gasteiger partial charge in [0.15, 0.2) is 0 Å². The van der Waals surface area contributed by atoms with Crippen LogP contribution >= 0.6 is 0 Å². The first-order chi connectivity index (χ1) is 16.7. The number of nitrogens with one attached hydrogen (secondary N) is 3. The van der Waals surface area contributed by atoms with E-state index in [1.807, 2.05) is 0 Å². The number of carbonyl (C=O) groups excluding carboxylic acids is 1. The first-order valence-corrected chi connectivity index (χ1v) is 11.7.